The van der Waals surface area contributed by atoms with Gasteiger partial charge in [-0.05, 0) is 24.3 Å². The summed E-state index contributed by atoms with van der Waals surface area (Å²) in [6.45, 7) is -0.320. The molecule has 0 spiro atoms. The Labute approximate surface area is 108 Å². The number of aliphatic hydroxyl groups excluding tert-OH is 1. The first-order chi connectivity index (χ1) is 8.22. The lowest BCUT2D eigenvalue weighted by Crippen LogP contribution is -1.92. The van der Waals surface area contributed by atoms with Crippen molar-refractivity contribution in [1.82, 2.24) is 0 Å². The van der Waals surface area contributed by atoms with E-state index >= 15 is 0 Å². The van der Waals surface area contributed by atoms with E-state index in [9.17, 15) is 4.39 Å². The van der Waals surface area contributed by atoms with Crippen LogP contribution in [0.25, 0.3) is 0 Å². The first-order valence-corrected chi connectivity index (χ1v) is 6.22. The van der Waals surface area contributed by atoms with Crippen LogP contribution >= 0.6 is 23.4 Å². The van der Waals surface area contributed by atoms with Crippen LogP contribution in [0.2, 0.25) is 5.02 Å². The van der Waals surface area contributed by atoms with E-state index < -0.39 is 5.82 Å². The molecule has 0 aromatic heterocycles. The van der Waals surface area contributed by atoms with Crippen LogP contribution in [0.15, 0.2) is 52.3 Å². The lowest BCUT2D eigenvalue weighted by atomic mass is 10.2. The van der Waals surface area contributed by atoms with Gasteiger partial charge in [-0.15, -0.1) is 0 Å². The summed E-state index contributed by atoms with van der Waals surface area (Å²) in [6, 6.07) is 12.1. The molecule has 0 radical (unpaired) electrons. The molecular formula is C13H10ClFOS. The quantitative estimate of drug-likeness (QED) is 0.903. The van der Waals surface area contributed by atoms with E-state index in [0.29, 0.717) is 15.5 Å². The van der Waals surface area contributed by atoms with Crippen molar-refractivity contribution in [3.05, 3.63) is 58.9 Å². The van der Waals surface area contributed by atoms with E-state index in [1.165, 1.54) is 17.8 Å². The topological polar surface area (TPSA) is 20.2 Å². The first-order valence-electron chi connectivity index (χ1n) is 5.03. The van der Waals surface area contributed by atoms with Crippen molar-refractivity contribution < 1.29 is 9.50 Å². The minimum atomic E-state index is -0.399. The van der Waals surface area contributed by atoms with Gasteiger partial charge in [0, 0.05) is 15.4 Å². The SMILES string of the molecule is OCc1c(F)cccc1Sc1ccccc1Cl. The third-order valence-electron chi connectivity index (χ3n) is 2.29. The maximum atomic E-state index is 13.4. The summed E-state index contributed by atoms with van der Waals surface area (Å²) in [5.41, 5.74) is 0.303. The second-order valence-corrected chi connectivity index (χ2v) is 4.90. The van der Waals surface area contributed by atoms with Crippen LogP contribution in [-0.2, 0) is 6.61 Å². The van der Waals surface area contributed by atoms with Crippen molar-refractivity contribution in [3.63, 3.8) is 0 Å². The predicted octanol–water partition coefficient (Wildman–Crippen LogP) is 4.12. The van der Waals surface area contributed by atoms with Crippen LogP contribution in [0.1, 0.15) is 5.56 Å². The van der Waals surface area contributed by atoms with Gasteiger partial charge < -0.3 is 5.11 Å². The Balaban J connectivity index is 2.37. The van der Waals surface area contributed by atoms with Crippen molar-refractivity contribution in [3.8, 4) is 0 Å². The third kappa shape index (κ3) is 2.80. The molecule has 0 heterocycles. The zero-order chi connectivity index (χ0) is 12.3. The van der Waals surface area contributed by atoms with E-state index in [1.54, 1.807) is 18.2 Å². The van der Waals surface area contributed by atoms with Crippen LogP contribution in [0.4, 0.5) is 4.39 Å². The number of hydrogen-bond donors (Lipinski definition) is 1. The van der Waals surface area contributed by atoms with Crippen molar-refractivity contribution in [2.24, 2.45) is 0 Å². The Hall–Kier alpha value is -1.03. The molecule has 1 N–H and O–H groups in total. The van der Waals surface area contributed by atoms with E-state index in [4.69, 9.17) is 16.7 Å². The van der Waals surface area contributed by atoms with Gasteiger partial charge >= 0.3 is 0 Å². The largest absolute Gasteiger partial charge is 0.392 e. The lowest BCUT2D eigenvalue weighted by Gasteiger charge is -2.08. The number of hydrogen-bond acceptors (Lipinski definition) is 2. The van der Waals surface area contributed by atoms with Crippen LogP contribution in [0.5, 0.6) is 0 Å². The Morgan fingerprint density at radius 3 is 2.47 bits per heavy atom. The molecule has 0 amide bonds. The Morgan fingerprint density at radius 2 is 1.76 bits per heavy atom. The van der Waals surface area contributed by atoms with Gasteiger partial charge in [-0.1, -0.05) is 41.6 Å². The number of aliphatic hydroxyl groups is 1. The lowest BCUT2D eigenvalue weighted by molar-refractivity contribution is 0.272. The molecule has 17 heavy (non-hydrogen) atoms. The molecule has 0 atom stereocenters. The first kappa shape index (κ1) is 12.4. The highest BCUT2D eigenvalue weighted by Crippen LogP contribution is 2.35. The molecule has 4 heteroatoms. The molecular weight excluding hydrogens is 259 g/mol. The van der Waals surface area contributed by atoms with Crippen LogP contribution < -0.4 is 0 Å². The number of halogens is 2. The summed E-state index contributed by atoms with van der Waals surface area (Å²) in [5, 5.41) is 9.78. The van der Waals surface area contributed by atoms with Crippen LogP contribution in [0.3, 0.4) is 0 Å². The highest BCUT2D eigenvalue weighted by Gasteiger charge is 2.09. The van der Waals surface area contributed by atoms with Crippen molar-refractivity contribution in [1.29, 1.82) is 0 Å². The standard InChI is InChI=1S/C13H10ClFOS/c14-10-4-1-2-6-13(10)17-12-7-3-5-11(15)9(12)8-16/h1-7,16H,8H2. The average Bonchev–Trinajstić information content (AvgIpc) is 2.32. The molecule has 0 bridgehead atoms. The Bertz CT molecular complexity index is 531. The molecule has 0 saturated carbocycles. The Morgan fingerprint density at radius 1 is 1.06 bits per heavy atom. The highest BCUT2D eigenvalue weighted by molar-refractivity contribution is 7.99. The van der Waals surface area contributed by atoms with Gasteiger partial charge in [-0.25, -0.2) is 4.39 Å². The maximum absolute atomic E-state index is 13.4. The monoisotopic (exact) mass is 268 g/mol. The fourth-order valence-corrected chi connectivity index (χ4v) is 2.67. The molecule has 0 aliphatic heterocycles. The molecule has 1 nitrogen and oxygen atoms in total. The second kappa shape index (κ2) is 5.54. The van der Waals surface area contributed by atoms with Gasteiger partial charge in [0.25, 0.3) is 0 Å². The van der Waals surface area contributed by atoms with Gasteiger partial charge in [0.15, 0.2) is 0 Å². The molecule has 0 aliphatic carbocycles. The van der Waals surface area contributed by atoms with Gasteiger partial charge in [0.05, 0.1) is 11.6 Å². The molecule has 2 aromatic rings. The van der Waals surface area contributed by atoms with E-state index in [2.05, 4.69) is 0 Å². The second-order valence-electron chi connectivity index (χ2n) is 3.41. The molecule has 2 rings (SSSR count). The summed E-state index contributed by atoms with van der Waals surface area (Å²) in [6.07, 6.45) is 0. The third-order valence-corrected chi connectivity index (χ3v) is 3.91. The van der Waals surface area contributed by atoms with Gasteiger partial charge in [0.2, 0.25) is 0 Å². The van der Waals surface area contributed by atoms with Crippen molar-refractivity contribution >= 4 is 23.4 Å². The predicted molar refractivity (Wildman–Crippen MR) is 67.9 cm³/mol. The molecule has 0 fully saturated rings. The van der Waals surface area contributed by atoms with Crippen molar-refractivity contribution in [2.45, 2.75) is 16.4 Å². The van der Waals surface area contributed by atoms with Gasteiger partial charge in [-0.3, -0.25) is 0 Å². The summed E-state index contributed by atoms with van der Waals surface area (Å²) >= 11 is 7.38. The smallest absolute Gasteiger partial charge is 0.129 e. The average molecular weight is 269 g/mol. The highest BCUT2D eigenvalue weighted by atomic mass is 35.5. The molecule has 0 aliphatic rings. The van der Waals surface area contributed by atoms with Crippen molar-refractivity contribution in [2.75, 3.05) is 0 Å². The molecule has 0 saturated heterocycles. The van der Waals surface area contributed by atoms with Crippen LogP contribution in [0, 0.1) is 5.82 Å². The fraction of sp³-hybridized carbons (Fsp3) is 0.0769. The van der Waals surface area contributed by atoms with Crippen LogP contribution in [-0.4, -0.2) is 5.11 Å². The van der Waals surface area contributed by atoms with E-state index in [0.717, 1.165) is 4.90 Å². The Kier molecular flexibility index (Phi) is 4.05. The minimum Gasteiger partial charge on any atom is -0.392 e. The zero-order valence-corrected chi connectivity index (χ0v) is 10.4. The summed E-state index contributed by atoms with van der Waals surface area (Å²) in [7, 11) is 0. The minimum absolute atomic E-state index is 0.303. The summed E-state index contributed by atoms with van der Waals surface area (Å²) in [5.74, 6) is -0.399. The number of rotatable bonds is 3. The number of benzene rings is 2. The zero-order valence-electron chi connectivity index (χ0n) is 8.86. The normalized spacial score (nSPS) is 10.5. The summed E-state index contributed by atoms with van der Waals surface area (Å²) in [4.78, 5) is 1.52. The maximum Gasteiger partial charge on any atom is 0.129 e. The van der Waals surface area contributed by atoms with Gasteiger partial charge in [0.1, 0.15) is 5.82 Å². The van der Waals surface area contributed by atoms with E-state index in [1.807, 2.05) is 18.2 Å². The molecule has 88 valence electrons. The summed E-state index contributed by atoms with van der Waals surface area (Å²) < 4.78 is 13.4. The molecule has 0 unspecified atom stereocenters. The molecule has 2 aromatic carbocycles. The fourth-order valence-electron chi connectivity index (χ4n) is 1.43. The van der Waals surface area contributed by atoms with E-state index in [-0.39, 0.29) is 6.61 Å². The van der Waals surface area contributed by atoms with Gasteiger partial charge in [-0.2, -0.15) is 0 Å².